The molecular formula is C30H28P2. The van der Waals surface area contributed by atoms with Crippen molar-refractivity contribution in [3.05, 3.63) is 133 Å². The van der Waals surface area contributed by atoms with E-state index in [1.807, 2.05) is 0 Å². The molecule has 0 bridgehead atoms. The van der Waals surface area contributed by atoms with Gasteiger partial charge in [-0.1, -0.05) is 133 Å². The van der Waals surface area contributed by atoms with Gasteiger partial charge in [-0.2, -0.15) is 0 Å². The lowest BCUT2D eigenvalue weighted by Gasteiger charge is -2.40. The Morgan fingerprint density at radius 3 is 0.875 bits per heavy atom. The normalized spacial score (nSPS) is 18.2. The summed E-state index contributed by atoms with van der Waals surface area (Å²) in [5.41, 5.74) is 1.23. The molecule has 0 nitrogen and oxygen atoms in total. The second-order valence-electron chi connectivity index (χ2n) is 8.16. The quantitative estimate of drug-likeness (QED) is 0.238. The number of hydrogen-bond acceptors (Lipinski definition) is 0. The number of benzene rings is 4. The van der Waals surface area contributed by atoms with Crippen LogP contribution in [0.1, 0.15) is 12.8 Å². The van der Waals surface area contributed by atoms with Gasteiger partial charge < -0.3 is 0 Å². The third-order valence-electron chi connectivity index (χ3n) is 6.17. The van der Waals surface area contributed by atoms with Gasteiger partial charge in [-0.05, 0) is 61.2 Å². The standard InChI is InChI=1S/C30H28P2/c1-5-15-25(16-6-1)31(26-17-7-2-8-18-26)29-23-13-14-24-30(29)32(27-19-9-3-10-20-27)28-21-11-4-12-22-28/h1-22,29-30H,23-24H2/t29-,30+. The molecule has 158 valence electrons. The number of rotatable bonds is 6. The molecule has 0 amide bonds. The first-order valence-electron chi connectivity index (χ1n) is 11.4. The highest BCUT2D eigenvalue weighted by molar-refractivity contribution is 7.77. The van der Waals surface area contributed by atoms with Crippen LogP contribution in [0, 0.1) is 0 Å². The van der Waals surface area contributed by atoms with Crippen LogP contribution < -0.4 is 21.2 Å². The summed E-state index contributed by atoms with van der Waals surface area (Å²) in [5.74, 6) is 0. The average Bonchev–Trinajstić information content (AvgIpc) is 2.88. The largest absolute Gasteiger partial charge is 0.0878 e. The van der Waals surface area contributed by atoms with Crippen molar-refractivity contribution in [2.75, 3.05) is 0 Å². The molecular weight excluding hydrogens is 422 g/mol. The van der Waals surface area contributed by atoms with E-state index in [0.717, 1.165) is 12.8 Å². The zero-order chi connectivity index (χ0) is 21.6. The van der Waals surface area contributed by atoms with Crippen LogP contribution in [-0.2, 0) is 0 Å². The Kier molecular flexibility index (Phi) is 6.93. The van der Waals surface area contributed by atoms with Gasteiger partial charge in [-0.3, -0.25) is 0 Å². The van der Waals surface area contributed by atoms with E-state index in [1.54, 1.807) is 0 Å². The van der Waals surface area contributed by atoms with Crippen molar-refractivity contribution in [1.82, 2.24) is 0 Å². The van der Waals surface area contributed by atoms with Crippen molar-refractivity contribution in [2.45, 2.75) is 24.2 Å². The van der Waals surface area contributed by atoms with E-state index in [0.29, 0.717) is 11.3 Å². The molecule has 32 heavy (non-hydrogen) atoms. The van der Waals surface area contributed by atoms with Crippen LogP contribution in [-0.4, -0.2) is 11.3 Å². The van der Waals surface area contributed by atoms with Gasteiger partial charge in [-0.15, -0.1) is 0 Å². The Morgan fingerprint density at radius 2 is 0.625 bits per heavy atom. The van der Waals surface area contributed by atoms with Crippen LogP contribution in [0.4, 0.5) is 0 Å². The van der Waals surface area contributed by atoms with Gasteiger partial charge in [0.2, 0.25) is 0 Å². The molecule has 0 saturated heterocycles. The Bertz CT molecular complexity index is 953. The predicted octanol–water partition coefficient (Wildman–Crippen LogP) is 6.34. The van der Waals surface area contributed by atoms with Gasteiger partial charge in [0, 0.05) is 0 Å². The summed E-state index contributed by atoms with van der Waals surface area (Å²) in [6.45, 7) is 0. The minimum absolute atomic E-state index is 0.457. The van der Waals surface area contributed by atoms with Gasteiger partial charge in [0.05, 0.1) is 0 Å². The first-order chi connectivity index (χ1) is 15.9. The topological polar surface area (TPSA) is 0 Å². The maximum Gasteiger partial charge on any atom is -0.00176 e. The van der Waals surface area contributed by atoms with Crippen LogP contribution in [0.15, 0.2) is 133 Å². The highest BCUT2D eigenvalue weighted by Gasteiger charge is 2.37. The molecule has 5 rings (SSSR count). The van der Waals surface area contributed by atoms with E-state index in [2.05, 4.69) is 133 Å². The third-order valence-corrected chi connectivity index (χ3v) is 12.3. The van der Waals surface area contributed by atoms with E-state index < -0.39 is 15.8 Å². The lowest BCUT2D eigenvalue weighted by atomic mass is 10.1. The fourth-order valence-electron chi connectivity index (χ4n) is 4.76. The average molecular weight is 451 g/mol. The smallest absolute Gasteiger partial charge is 0.00176 e. The van der Waals surface area contributed by atoms with Gasteiger partial charge >= 0.3 is 0 Å². The molecule has 0 spiro atoms. The first-order valence-corrected chi connectivity index (χ1v) is 14.2. The second kappa shape index (κ2) is 10.4. The molecule has 4 aromatic rings. The first kappa shape index (κ1) is 21.3. The fourth-order valence-corrected chi connectivity index (χ4v) is 11.3. The predicted molar refractivity (Wildman–Crippen MR) is 144 cm³/mol. The van der Waals surface area contributed by atoms with Crippen molar-refractivity contribution in [3.63, 3.8) is 0 Å². The number of allylic oxidation sites excluding steroid dienone is 2. The Morgan fingerprint density at radius 1 is 0.375 bits per heavy atom. The summed E-state index contributed by atoms with van der Waals surface area (Å²) in [5, 5.41) is 5.98. The Labute approximate surface area is 194 Å². The minimum Gasteiger partial charge on any atom is -0.0878 e. The van der Waals surface area contributed by atoms with Gasteiger partial charge in [-0.25, -0.2) is 0 Å². The monoisotopic (exact) mass is 450 g/mol. The van der Waals surface area contributed by atoms with Crippen molar-refractivity contribution in [2.24, 2.45) is 0 Å². The maximum absolute atomic E-state index is 2.44. The second-order valence-corrected chi connectivity index (χ2v) is 13.0. The Balaban J connectivity index is 1.63. The molecule has 0 unspecified atom stereocenters. The fraction of sp³-hybridized carbons (Fsp3) is 0.133. The summed E-state index contributed by atoms with van der Waals surface area (Å²) >= 11 is 0. The van der Waals surface area contributed by atoms with Crippen molar-refractivity contribution < 1.29 is 0 Å². The molecule has 0 fully saturated rings. The van der Waals surface area contributed by atoms with E-state index >= 15 is 0 Å². The molecule has 0 heterocycles. The molecule has 2 atom stereocenters. The SMILES string of the molecule is C1=CC[C@H](P(c2ccccc2)c2ccccc2)[C@H](P(c2ccccc2)c2ccccc2)C1. The molecule has 1 aliphatic carbocycles. The van der Waals surface area contributed by atoms with Crippen LogP contribution in [0.3, 0.4) is 0 Å². The van der Waals surface area contributed by atoms with Crippen LogP contribution >= 0.6 is 15.8 Å². The lowest BCUT2D eigenvalue weighted by molar-refractivity contribution is 0.755. The van der Waals surface area contributed by atoms with Crippen molar-refractivity contribution in [1.29, 1.82) is 0 Å². The zero-order valence-corrected chi connectivity index (χ0v) is 20.0. The van der Waals surface area contributed by atoms with Gasteiger partial charge in [0.1, 0.15) is 0 Å². The Hall–Kier alpha value is -2.52. The summed E-state index contributed by atoms with van der Waals surface area (Å²) in [4.78, 5) is 0. The minimum atomic E-state index is -0.457. The molecule has 0 saturated carbocycles. The van der Waals surface area contributed by atoms with Crippen molar-refractivity contribution >= 4 is 37.1 Å². The molecule has 4 aromatic carbocycles. The molecule has 0 aromatic heterocycles. The van der Waals surface area contributed by atoms with E-state index in [9.17, 15) is 0 Å². The highest BCUT2D eigenvalue weighted by Crippen LogP contribution is 2.55. The summed E-state index contributed by atoms with van der Waals surface area (Å²) in [6, 6.07) is 45.0. The zero-order valence-electron chi connectivity index (χ0n) is 18.2. The maximum atomic E-state index is 2.44. The van der Waals surface area contributed by atoms with Gasteiger partial charge in [0.15, 0.2) is 0 Å². The molecule has 2 heteroatoms. The van der Waals surface area contributed by atoms with Crippen LogP contribution in [0.25, 0.3) is 0 Å². The molecule has 0 N–H and O–H groups in total. The van der Waals surface area contributed by atoms with Crippen LogP contribution in [0.5, 0.6) is 0 Å². The molecule has 1 aliphatic rings. The molecule has 0 aliphatic heterocycles. The van der Waals surface area contributed by atoms with E-state index in [-0.39, 0.29) is 0 Å². The molecule has 0 radical (unpaired) electrons. The highest BCUT2D eigenvalue weighted by atomic mass is 31.1. The van der Waals surface area contributed by atoms with E-state index in [4.69, 9.17) is 0 Å². The van der Waals surface area contributed by atoms with E-state index in [1.165, 1.54) is 21.2 Å². The summed E-state index contributed by atoms with van der Waals surface area (Å²) in [6.07, 6.45) is 7.18. The van der Waals surface area contributed by atoms with Gasteiger partial charge in [0.25, 0.3) is 0 Å². The summed E-state index contributed by atoms with van der Waals surface area (Å²) < 4.78 is 0. The number of hydrogen-bond donors (Lipinski definition) is 0. The lowest BCUT2D eigenvalue weighted by Crippen LogP contribution is -2.36. The van der Waals surface area contributed by atoms with Crippen LogP contribution in [0.2, 0.25) is 0 Å². The van der Waals surface area contributed by atoms with Crippen molar-refractivity contribution in [3.8, 4) is 0 Å². The third kappa shape index (κ3) is 4.63. The summed E-state index contributed by atoms with van der Waals surface area (Å²) in [7, 11) is -0.913.